The van der Waals surface area contributed by atoms with E-state index in [9.17, 15) is 10.1 Å². The number of aromatic nitrogens is 1. The van der Waals surface area contributed by atoms with Gasteiger partial charge in [-0.1, -0.05) is 0 Å². The van der Waals surface area contributed by atoms with Crippen LogP contribution in [0, 0.1) is 16.7 Å². The summed E-state index contributed by atoms with van der Waals surface area (Å²) in [6.45, 7) is 7.01. The molecule has 3 aliphatic rings. The fourth-order valence-electron chi connectivity index (χ4n) is 4.81. The van der Waals surface area contributed by atoms with Crippen LogP contribution in [-0.4, -0.2) is 46.0 Å². The van der Waals surface area contributed by atoms with Crippen molar-refractivity contribution >= 4 is 5.91 Å². The summed E-state index contributed by atoms with van der Waals surface area (Å²) in [4.78, 5) is 17.0. The highest BCUT2D eigenvalue weighted by atomic mass is 16.2. The Bertz CT molecular complexity index is 699. The van der Waals surface area contributed by atoms with Crippen molar-refractivity contribution in [3.8, 4) is 6.07 Å². The van der Waals surface area contributed by atoms with Gasteiger partial charge in [-0.15, -0.1) is 0 Å². The number of rotatable bonds is 4. The molecule has 1 aromatic heterocycles. The average molecular weight is 340 g/mol. The third-order valence-electron chi connectivity index (χ3n) is 6.24. The second kappa shape index (κ2) is 6.49. The Balaban J connectivity index is 1.45. The summed E-state index contributed by atoms with van der Waals surface area (Å²) in [5.74, 6) is 0.379. The first kappa shape index (κ1) is 16.7. The van der Waals surface area contributed by atoms with Crippen molar-refractivity contribution in [2.24, 2.45) is 5.41 Å². The SMILES string of the molecule is CCn1cc(CN2CCC[C@]3(CCC(=O)N(C4CC4)C3)C2)cc1C#N. The Morgan fingerprint density at radius 1 is 1.32 bits per heavy atom. The number of aryl methyl sites for hydroxylation is 1. The monoisotopic (exact) mass is 340 g/mol. The molecule has 5 heteroatoms. The van der Waals surface area contributed by atoms with Crippen LogP contribution in [0.2, 0.25) is 0 Å². The Labute approximate surface area is 150 Å². The zero-order valence-corrected chi connectivity index (χ0v) is 15.2. The number of likely N-dealkylation sites (tertiary alicyclic amines) is 2. The van der Waals surface area contributed by atoms with E-state index < -0.39 is 0 Å². The van der Waals surface area contributed by atoms with E-state index in [-0.39, 0.29) is 0 Å². The van der Waals surface area contributed by atoms with Crippen molar-refractivity contribution in [3.05, 3.63) is 23.5 Å². The summed E-state index contributed by atoms with van der Waals surface area (Å²) >= 11 is 0. The normalized spacial score (nSPS) is 27.7. The lowest BCUT2D eigenvalue weighted by Crippen LogP contribution is -2.54. The highest BCUT2D eigenvalue weighted by Crippen LogP contribution is 2.42. The van der Waals surface area contributed by atoms with Crippen molar-refractivity contribution in [2.75, 3.05) is 19.6 Å². The lowest BCUT2D eigenvalue weighted by molar-refractivity contribution is -0.140. The molecular formula is C20H28N4O. The third kappa shape index (κ3) is 3.32. The van der Waals surface area contributed by atoms with E-state index in [0.29, 0.717) is 17.4 Å². The van der Waals surface area contributed by atoms with Gasteiger partial charge in [-0.3, -0.25) is 9.69 Å². The largest absolute Gasteiger partial charge is 0.339 e. The zero-order valence-electron chi connectivity index (χ0n) is 15.2. The van der Waals surface area contributed by atoms with E-state index >= 15 is 0 Å². The molecule has 0 unspecified atom stereocenters. The second-order valence-electron chi connectivity index (χ2n) is 8.20. The van der Waals surface area contributed by atoms with Gasteiger partial charge in [0.15, 0.2) is 0 Å². The maximum Gasteiger partial charge on any atom is 0.222 e. The van der Waals surface area contributed by atoms with E-state index in [1.807, 2.05) is 10.6 Å². The quantitative estimate of drug-likeness (QED) is 0.847. The fourth-order valence-corrected chi connectivity index (χ4v) is 4.81. The number of carbonyl (C=O) groups excluding carboxylic acids is 1. The molecule has 1 saturated carbocycles. The van der Waals surface area contributed by atoms with Gasteiger partial charge in [-0.25, -0.2) is 0 Å². The number of nitriles is 1. The lowest BCUT2D eigenvalue weighted by atomic mass is 9.73. The summed E-state index contributed by atoms with van der Waals surface area (Å²) in [7, 11) is 0. The van der Waals surface area contributed by atoms with Gasteiger partial charge in [0.2, 0.25) is 5.91 Å². The highest BCUT2D eigenvalue weighted by molar-refractivity contribution is 5.78. The molecule has 4 rings (SSSR count). The molecule has 0 aromatic carbocycles. The van der Waals surface area contributed by atoms with Crippen molar-refractivity contribution in [3.63, 3.8) is 0 Å². The first-order valence-corrected chi connectivity index (χ1v) is 9.73. The lowest BCUT2D eigenvalue weighted by Gasteiger charge is -2.48. The predicted molar refractivity (Wildman–Crippen MR) is 95.7 cm³/mol. The van der Waals surface area contributed by atoms with Crippen LogP contribution in [-0.2, 0) is 17.9 Å². The average Bonchev–Trinajstić information content (AvgIpc) is 3.38. The second-order valence-corrected chi connectivity index (χ2v) is 8.20. The highest BCUT2D eigenvalue weighted by Gasteiger charge is 2.45. The van der Waals surface area contributed by atoms with Crippen molar-refractivity contribution in [1.29, 1.82) is 5.26 Å². The molecule has 3 heterocycles. The molecule has 0 bridgehead atoms. The van der Waals surface area contributed by atoms with Gasteiger partial charge in [0.25, 0.3) is 0 Å². The Kier molecular flexibility index (Phi) is 4.33. The van der Waals surface area contributed by atoms with Gasteiger partial charge in [-0.05, 0) is 57.2 Å². The minimum Gasteiger partial charge on any atom is -0.339 e. The van der Waals surface area contributed by atoms with Crippen molar-refractivity contribution in [1.82, 2.24) is 14.4 Å². The molecule has 25 heavy (non-hydrogen) atoms. The van der Waals surface area contributed by atoms with E-state index in [0.717, 1.165) is 51.3 Å². The molecule has 2 aliphatic heterocycles. The van der Waals surface area contributed by atoms with Crippen molar-refractivity contribution in [2.45, 2.75) is 64.6 Å². The molecule has 1 aliphatic carbocycles. The number of hydrogen-bond acceptors (Lipinski definition) is 3. The van der Waals surface area contributed by atoms with Gasteiger partial charge < -0.3 is 9.47 Å². The molecule has 1 aromatic rings. The van der Waals surface area contributed by atoms with E-state index in [4.69, 9.17) is 0 Å². The topological polar surface area (TPSA) is 52.3 Å². The maximum atomic E-state index is 12.3. The molecule has 3 fully saturated rings. The van der Waals surface area contributed by atoms with E-state index in [1.54, 1.807) is 0 Å². The van der Waals surface area contributed by atoms with Crippen LogP contribution in [0.15, 0.2) is 12.3 Å². The molecule has 1 atom stereocenters. The van der Waals surface area contributed by atoms with Crippen LogP contribution in [0.25, 0.3) is 0 Å². The molecule has 0 radical (unpaired) electrons. The Morgan fingerprint density at radius 2 is 2.16 bits per heavy atom. The molecule has 0 N–H and O–H groups in total. The van der Waals surface area contributed by atoms with Gasteiger partial charge >= 0.3 is 0 Å². The Hall–Kier alpha value is -1.80. The van der Waals surface area contributed by atoms with Crippen LogP contribution < -0.4 is 0 Å². The minimum atomic E-state index is 0.292. The number of amides is 1. The van der Waals surface area contributed by atoms with E-state index in [1.165, 1.54) is 31.2 Å². The van der Waals surface area contributed by atoms with Crippen LogP contribution in [0.5, 0.6) is 0 Å². The first-order valence-electron chi connectivity index (χ1n) is 9.73. The van der Waals surface area contributed by atoms with Crippen LogP contribution in [0.3, 0.4) is 0 Å². The smallest absolute Gasteiger partial charge is 0.222 e. The van der Waals surface area contributed by atoms with Gasteiger partial charge in [0, 0.05) is 50.3 Å². The first-order chi connectivity index (χ1) is 12.1. The third-order valence-corrected chi connectivity index (χ3v) is 6.24. The predicted octanol–water partition coefficient (Wildman–Crippen LogP) is 2.75. The maximum absolute atomic E-state index is 12.3. The summed E-state index contributed by atoms with van der Waals surface area (Å²) in [6.07, 6.45) is 8.77. The standard InChI is InChI=1S/C20H28N4O/c1-2-23-13-16(10-18(23)11-21)12-22-9-3-7-20(14-22)8-6-19(25)24(15-20)17-4-5-17/h10,13,17H,2-9,12,14-15H2,1H3/t20-/m0/s1. The summed E-state index contributed by atoms with van der Waals surface area (Å²) in [6, 6.07) is 4.86. The van der Waals surface area contributed by atoms with Crippen LogP contribution >= 0.6 is 0 Å². The fraction of sp³-hybridized carbons (Fsp3) is 0.700. The molecule has 5 nitrogen and oxygen atoms in total. The number of carbonyl (C=O) groups is 1. The zero-order chi connectivity index (χ0) is 17.4. The summed E-state index contributed by atoms with van der Waals surface area (Å²) in [5, 5.41) is 9.26. The number of piperidine rings is 2. The van der Waals surface area contributed by atoms with Gasteiger partial charge in [-0.2, -0.15) is 5.26 Å². The van der Waals surface area contributed by atoms with Crippen LogP contribution in [0.4, 0.5) is 0 Å². The molecule has 1 amide bonds. The molecule has 134 valence electrons. The van der Waals surface area contributed by atoms with Crippen LogP contribution in [0.1, 0.15) is 56.7 Å². The van der Waals surface area contributed by atoms with Crippen molar-refractivity contribution < 1.29 is 4.79 Å². The molecular weight excluding hydrogens is 312 g/mol. The Morgan fingerprint density at radius 3 is 2.84 bits per heavy atom. The van der Waals surface area contributed by atoms with Gasteiger partial charge in [0.05, 0.1) is 0 Å². The molecule has 2 saturated heterocycles. The van der Waals surface area contributed by atoms with E-state index in [2.05, 4.69) is 29.0 Å². The molecule has 1 spiro atoms. The summed E-state index contributed by atoms with van der Waals surface area (Å²) in [5.41, 5.74) is 2.29. The summed E-state index contributed by atoms with van der Waals surface area (Å²) < 4.78 is 2.03. The number of hydrogen-bond donors (Lipinski definition) is 0. The minimum absolute atomic E-state index is 0.292. The number of nitrogens with zero attached hydrogens (tertiary/aromatic N) is 4. The van der Waals surface area contributed by atoms with Gasteiger partial charge in [0.1, 0.15) is 11.8 Å².